The number of carbonyl (C=O) groups is 2. The number of nitrogens with zero attached hydrogens (tertiary/aromatic N) is 2. The predicted octanol–water partition coefficient (Wildman–Crippen LogP) is 3.07. The Labute approximate surface area is 199 Å². The summed E-state index contributed by atoms with van der Waals surface area (Å²) in [6.45, 7) is -0.0921. The monoisotopic (exact) mass is 544 g/mol. The molecule has 1 aliphatic heterocycles. The molecule has 2 heterocycles. The highest BCUT2D eigenvalue weighted by atomic mass is 32.2. The van der Waals surface area contributed by atoms with Crippen LogP contribution < -0.4 is 5.32 Å². The Kier molecular flexibility index (Phi) is 6.63. The van der Waals surface area contributed by atoms with Crippen LogP contribution in [0.3, 0.4) is 0 Å². The van der Waals surface area contributed by atoms with E-state index in [9.17, 15) is 44.3 Å². The summed E-state index contributed by atoms with van der Waals surface area (Å²) in [4.78, 5) is 31.6. The molecule has 1 N–H and O–H groups in total. The first-order valence-electron chi connectivity index (χ1n) is 9.61. The lowest BCUT2D eigenvalue weighted by molar-refractivity contribution is -0.984. The van der Waals surface area contributed by atoms with E-state index in [0.29, 0.717) is 18.6 Å². The SMILES string of the molecule is CC1(S(=O)(=O)C(F)(F)F)C(=S)C=C([N+]2(OC(=O)C(F)(F)F)CCNC2=O)C=C1Cc1ccncc1. The minimum atomic E-state index is -6.01. The first kappa shape index (κ1) is 26.7. The van der Waals surface area contributed by atoms with Gasteiger partial charge in [0.15, 0.2) is 12.2 Å². The number of urea groups is 1. The standard InChI is InChI=1S/C19H15F6N3O5S2/c1-17(35(31,32)19(23,24)25)12(8-11-2-4-26-5-3-11)9-13(10-14(17)34)28(7-6-27-16(28)30)33-15(29)18(20,21)22/h2-5,9-10H,6-8H2,1H3/p+1. The maximum absolute atomic E-state index is 13.6. The maximum atomic E-state index is 13.6. The van der Waals surface area contributed by atoms with E-state index in [1.807, 2.05) is 0 Å². The third-order valence-electron chi connectivity index (χ3n) is 5.59. The number of aromatic nitrogens is 1. The van der Waals surface area contributed by atoms with E-state index in [4.69, 9.17) is 12.2 Å². The molecule has 0 saturated carbocycles. The zero-order valence-corrected chi connectivity index (χ0v) is 19.2. The second-order valence-corrected chi connectivity index (χ2v) is 10.4. The van der Waals surface area contributed by atoms with Crippen molar-refractivity contribution in [3.8, 4) is 0 Å². The minimum absolute atomic E-state index is 0.250. The number of hydrogen-bond donors (Lipinski definition) is 1. The van der Waals surface area contributed by atoms with E-state index in [0.717, 1.165) is 6.08 Å². The van der Waals surface area contributed by atoms with Crippen LogP contribution in [-0.4, -0.2) is 64.4 Å². The molecule has 2 amide bonds. The molecule has 1 aliphatic carbocycles. The fraction of sp³-hybridized carbons (Fsp3) is 0.368. The largest absolute Gasteiger partial charge is 0.498 e. The molecule has 0 radical (unpaired) electrons. The number of nitrogens with one attached hydrogen (secondary N) is 1. The molecule has 0 spiro atoms. The van der Waals surface area contributed by atoms with Gasteiger partial charge in [0.05, 0.1) is 6.54 Å². The molecule has 0 aromatic carbocycles. The van der Waals surface area contributed by atoms with E-state index in [1.165, 1.54) is 24.5 Å². The smallest absolute Gasteiger partial charge is 0.296 e. The van der Waals surface area contributed by atoms with Gasteiger partial charge in [-0.1, -0.05) is 12.2 Å². The van der Waals surface area contributed by atoms with Crippen LogP contribution >= 0.6 is 12.2 Å². The molecule has 0 bridgehead atoms. The number of hydroxylamine groups is 3. The second kappa shape index (κ2) is 8.67. The number of carbonyl (C=O) groups excluding carboxylic acids is 2. The van der Waals surface area contributed by atoms with Gasteiger partial charge in [0.25, 0.3) is 9.84 Å². The van der Waals surface area contributed by atoms with Crippen molar-refractivity contribution in [1.82, 2.24) is 10.3 Å². The van der Waals surface area contributed by atoms with Gasteiger partial charge >= 0.3 is 23.7 Å². The maximum Gasteiger partial charge on any atom is 0.498 e. The third-order valence-corrected chi connectivity index (χ3v) is 8.41. The van der Waals surface area contributed by atoms with E-state index in [2.05, 4.69) is 15.1 Å². The van der Waals surface area contributed by atoms with Crippen LogP contribution in [0.2, 0.25) is 0 Å². The van der Waals surface area contributed by atoms with Gasteiger partial charge < -0.3 is 0 Å². The zero-order chi connectivity index (χ0) is 26.4. The summed E-state index contributed by atoms with van der Waals surface area (Å²) >= 11 is 5.03. The van der Waals surface area contributed by atoms with Crippen molar-refractivity contribution >= 4 is 38.9 Å². The molecular weight excluding hydrogens is 528 g/mol. The molecule has 3 rings (SSSR count). The van der Waals surface area contributed by atoms with E-state index < -0.39 is 72.0 Å². The molecular formula is C19H16F6N3O5S2+. The number of amides is 2. The van der Waals surface area contributed by atoms with Crippen molar-refractivity contribution in [2.45, 2.75) is 29.8 Å². The number of pyridine rings is 1. The molecule has 2 atom stereocenters. The molecule has 2 aliphatic rings. The van der Waals surface area contributed by atoms with Gasteiger partial charge in [0, 0.05) is 29.4 Å². The highest BCUT2D eigenvalue weighted by Crippen LogP contribution is 2.45. The number of halogens is 6. The molecule has 2 unspecified atom stereocenters. The lowest BCUT2D eigenvalue weighted by atomic mass is 9.86. The van der Waals surface area contributed by atoms with Gasteiger partial charge in [-0.25, -0.2) is 18.0 Å². The average molecular weight is 544 g/mol. The van der Waals surface area contributed by atoms with Gasteiger partial charge in [-0.3, -0.25) is 15.1 Å². The first-order valence-corrected chi connectivity index (χ1v) is 11.5. The number of allylic oxidation sites excluding steroid dienone is 2. The molecule has 190 valence electrons. The van der Waals surface area contributed by atoms with Crippen molar-refractivity contribution in [3.63, 3.8) is 0 Å². The van der Waals surface area contributed by atoms with Crippen LogP contribution in [0.1, 0.15) is 12.5 Å². The van der Waals surface area contributed by atoms with Crippen LogP contribution in [0.5, 0.6) is 0 Å². The summed E-state index contributed by atoms with van der Waals surface area (Å²) in [5, 5.41) is 2.19. The van der Waals surface area contributed by atoms with Gasteiger partial charge in [0.1, 0.15) is 4.75 Å². The number of sulfone groups is 1. The Balaban J connectivity index is 2.23. The summed E-state index contributed by atoms with van der Waals surface area (Å²) < 4.78 is 100. The van der Waals surface area contributed by atoms with Gasteiger partial charge in [-0.2, -0.15) is 26.3 Å². The van der Waals surface area contributed by atoms with Crippen LogP contribution in [0.15, 0.2) is 47.9 Å². The lowest BCUT2D eigenvalue weighted by Gasteiger charge is -2.37. The fourth-order valence-electron chi connectivity index (χ4n) is 3.60. The van der Waals surface area contributed by atoms with Crippen LogP contribution in [-0.2, 0) is 25.9 Å². The number of alkyl halides is 6. The van der Waals surface area contributed by atoms with Gasteiger partial charge in [-0.05, 0) is 41.3 Å². The van der Waals surface area contributed by atoms with Crippen molar-refractivity contribution in [3.05, 3.63) is 53.5 Å². The fourth-order valence-corrected chi connectivity index (χ4v) is 5.45. The number of quaternary nitrogens is 1. The van der Waals surface area contributed by atoms with Crippen molar-refractivity contribution in [2.75, 3.05) is 13.1 Å². The number of hydrogen-bond acceptors (Lipinski definition) is 7. The van der Waals surface area contributed by atoms with Crippen LogP contribution in [0.25, 0.3) is 0 Å². The number of rotatable bonds is 5. The highest BCUT2D eigenvalue weighted by molar-refractivity contribution is 7.96. The normalized spacial score (nSPS) is 25.6. The quantitative estimate of drug-likeness (QED) is 0.345. The van der Waals surface area contributed by atoms with Crippen LogP contribution in [0, 0.1) is 0 Å². The Bertz CT molecular complexity index is 1240. The molecule has 1 aromatic rings. The Morgan fingerprint density at radius 1 is 1.20 bits per heavy atom. The Hall–Kier alpha value is -2.85. The average Bonchev–Trinajstić information content (AvgIpc) is 3.11. The zero-order valence-electron chi connectivity index (χ0n) is 17.6. The van der Waals surface area contributed by atoms with E-state index in [-0.39, 0.29) is 6.54 Å². The first-order chi connectivity index (χ1) is 16.0. The van der Waals surface area contributed by atoms with Crippen molar-refractivity contribution in [2.24, 2.45) is 0 Å². The lowest BCUT2D eigenvalue weighted by Crippen LogP contribution is -2.56. The molecule has 16 heteroatoms. The Morgan fingerprint density at radius 2 is 1.80 bits per heavy atom. The summed E-state index contributed by atoms with van der Waals surface area (Å²) in [5.41, 5.74) is -6.48. The molecule has 1 fully saturated rings. The minimum Gasteiger partial charge on any atom is -0.296 e. The molecule has 35 heavy (non-hydrogen) atoms. The second-order valence-electron chi connectivity index (χ2n) is 7.69. The van der Waals surface area contributed by atoms with E-state index >= 15 is 0 Å². The van der Waals surface area contributed by atoms with Crippen molar-refractivity contribution < 1.29 is 53.8 Å². The number of thiocarbonyl (C=S) groups is 1. The summed E-state index contributed by atoms with van der Waals surface area (Å²) in [6.07, 6.45) is -1.94. The topological polar surface area (TPSA) is 102 Å². The highest BCUT2D eigenvalue weighted by Gasteiger charge is 2.63. The van der Waals surface area contributed by atoms with Crippen LogP contribution in [0.4, 0.5) is 31.1 Å². The van der Waals surface area contributed by atoms with E-state index in [1.54, 1.807) is 0 Å². The van der Waals surface area contributed by atoms with Crippen molar-refractivity contribution in [1.29, 1.82) is 0 Å². The van der Waals surface area contributed by atoms with Gasteiger partial charge in [-0.15, -0.1) is 0 Å². The Morgan fingerprint density at radius 3 is 2.29 bits per heavy atom. The third kappa shape index (κ3) is 4.45. The summed E-state index contributed by atoms with van der Waals surface area (Å²) in [5.74, 6) is -2.73. The molecule has 1 aromatic heterocycles. The summed E-state index contributed by atoms with van der Waals surface area (Å²) in [6, 6.07) is 1.52. The van der Waals surface area contributed by atoms with Gasteiger partial charge in [0.2, 0.25) is 0 Å². The predicted molar refractivity (Wildman–Crippen MR) is 111 cm³/mol. The summed E-state index contributed by atoms with van der Waals surface area (Å²) in [7, 11) is -6.01. The molecule has 1 saturated heterocycles. The molecule has 8 nitrogen and oxygen atoms in total.